The lowest BCUT2D eigenvalue weighted by molar-refractivity contribution is -0.119. The van der Waals surface area contributed by atoms with Gasteiger partial charge in [-0.1, -0.05) is 0 Å². The summed E-state index contributed by atoms with van der Waals surface area (Å²) in [7, 11) is 1.77. The van der Waals surface area contributed by atoms with E-state index in [0.29, 0.717) is 5.75 Å². The topological polar surface area (TPSA) is 47.6 Å². The number of rotatable bonds is 3. The van der Waals surface area contributed by atoms with Gasteiger partial charge in [0.25, 0.3) is 0 Å². The van der Waals surface area contributed by atoms with E-state index in [4.69, 9.17) is 9.47 Å². The third-order valence-electron chi connectivity index (χ3n) is 2.77. The molecule has 1 aliphatic heterocycles. The molecule has 16 heavy (non-hydrogen) atoms. The average Bonchev–Trinajstić information content (AvgIpc) is 2.65. The lowest BCUT2D eigenvalue weighted by atomic mass is 9.98. The van der Waals surface area contributed by atoms with E-state index < -0.39 is 0 Å². The molecular formula is C12H15NO3. The fraction of sp³-hybridized carbons (Fsp3) is 0.417. The van der Waals surface area contributed by atoms with Gasteiger partial charge in [0.15, 0.2) is 17.3 Å². The zero-order chi connectivity index (χ0) is 11.7. The second kappa shape index (κ2) is 4.14. The maximum absolute atomic E-state index is 11.5. The van der Waals surface area contributed by atoms with Crippen molar-refractivity contribution in [3.05, 3.63) is 23.3 Å². The Hall–Kier alpha value is -1.55. The smallest absolute Gasteiger partial charge is 0.231 e. The minimum absolute atomic E-state index is 0.0875. The van der Waals surface area contributed by atoms with Crippen molar-refractivity contribution in [2.45, 2.75) is 19.9 Å². The van der Waals surface area contributed by atoms with Crippen LogP contribution in [0.2, 0.25) is 0 Å². The van der Waals surface area contributed by atoms with Gasteiger partial charge in [0, 0.05) is 0 Å². The lowest BCUT2D eigenvalue weighted by Gasteiger charge is -2.16. The fourth-order valence-corrected chi connectivity index (χ4v) is 1.95. The van der Waals surface area contributed by atoms with E-state index in [1.54, 1.807) is 14.0 Å². The van der Waals surface area contributed by atoms with Gasteiger partial charge in [0.2, 0.25) is 6.79 Å². The lowest BCUT2D eigenvalue weighted by Crippen LogP contribution is -2.24. The molecule has 0 spiro atoms. The monoisotopic (exact) mass is 221 g/mol. The highest BCUT2D eigenvalue weighted by Crippen LogP contribution is 2.36. The largest absolute Gasteiger partial charge is 0.454 e. The fourth-order valence-electron chi connectivity index (χ4n) is 1.95. The summed E-state index contributed by atoms with van der Waals surface area (Å²) in [6, 6.07) is 3.50. The predicted octanol–water partition coefficient (Wildman–Crippen LogP) is 1.57. The van der Waals surface area contributed by atoms with E-state index in [0.717, 1.165) is 16.9 Å². The van der Waals surface area contributed by atoms with E-state index in [2.05, 4.69) is 5.32 Å². The number of ether oxygens (including phenoxy) is 2. The molecule has 86 valence electrons. The summed E-state index contributed by atoms with van der Waals surface area (Å²) in [6.07, 6.45) is 0. The predicted molar refractivity (Wildman–Crippen MR) is 59.8 cm³/mol. The molecule has 0 radical (unpaired) electrons. The van der Waals surface area contributed by atoms with Gasteiger partial charge in [-0.2, -0.15) is 0 Å². The third-order valence-corrected chi connectivity index (χ3v) is 2.77. The normalized spacial score (nSPS) is 14.9. The highest BCUT2D eigenvalue weighted by atomic mass is 16.7. The number of ketones is 1. The Bertz CT molecular complexity index is 429. The molecular weight excluding hydrogens is 206 g/mol. The number of hydrogen-bond donors (Lipinski definition) is 1. The number of Topliss-reactive ketones (excluding diaryl/α,β-unsaturated/α-hetero) is 1. The minimum Gasteiger partial charge on any atom is -0.454 e. The van der Waals surface area contributed by atoms with E-state index in [9.17, 15) is 4.79 Å². The van der Waals surface area contributed by atoms with Crippen LogP contribution in [0.15, 0.2) is 12.1 Å². The second-order valence-electron chi connectivity index (χ2n) is 3.89. The average molecular weight is 221 g/mol. The first-order valence-electron chi connectivity index (χ1n) is 5.21. The minimum atomic E-state index is -0.283. The zero-order valence-corrected chi connectivity index (χ0v) is 9.66. The van der Waals surface area contributed by atoms with Gasteiger partial charge < -0.3 is 14.8 Å². The van der Waals surface area contributed by atoms with E-state index in [1.807, 2.05) is 19.1 Å². The number of fused-ring (bicyclic) bond motifs is 1. The van der Waals surface area contributed by atoms with Crippen LogP contribution in [0.25, 0.3) is 0 Å². The maximum atomic E-state index is 11.5. The summed E-state index contributed by atoms with van der Waals surface area (Å²) >= 11 is 0. The molecule has 4 heteroatoms. The van der Waals surface area contributed by atoms with Gasteiger partial charge in [-0.05, 0) is 44.2 Å². The number of nitrogens with one attached hydrogen (secondary N) is 1. The van der Waals surface area contributed by atoms with Crippen molar-refractivity contribution in [3.8, 4) is 11.5 Å². The molecule has 1 unspecified atom stereocenters. The van der Waals surface area contributed by atoms with Gasteiger partial charge in [-0.3, -0.25) is 4.79 Å². The van der Waals surface area contributed by atoms with Crippen LogP contribution in [0.4, 0.5) is 0 Å². The molecule has 0 bridgehead atoms. The third kappa shape index (κ3) is 1.76. The highest BCUT2D eigenvalue weighted by molar-refractivity contribution is 5.83. The van der Waals surface area contributed by atoms with E-state index >= 15 is 0 Å². The molecule has 0 saturated heterocycles. The van der Waals surface area contributed by atoms with Crippen molar-refractivity contribution in [3.63, 3.8) is 0 Å². The summed E-state index contributed by atoms with van der Waals surface area (Å²) in [4.78, 5) is 11.5. The molecule has 1 aromatic carbocycles. The molecule has 1 heterocycles. The van der Waals surface area contributed by atoms with Crippen molar-refractivity contribution >= 4 is 5.78 Å². The number of likely N-dealkylation sites (N-methyl/N-ethyl adjacent to an activating group) is 1. The van der Waals surface area contributed by atoms with Crippen molar-refractivity contribution in [1.29, 1.82) is 0 Å². The van der Waals surface area contributed by atoms with Gasteiger partial charge >= 0.3 is 0 Å². The van der Waals surface area contributed by atoms with Gasteiger partial charge in [-0.25, -0.2) is 0 Å². The maximum Gasteiger partial charge on any atom is 0.231 e. The Kier molecular flexibility index (Phi) is 2.83. The molecule has 0 aliphatic carbocycles. The number of carbonyl (C=O) groups excluding carboxylic acids is 1. The van der Waals surface area contributed by atoms with Crippen molar-refractivity contribution in [2.24, 2.45) is 0 Å². The molecule has 1 atom stereocenters. The van der Waals surface area contributed by atoms with Crippen LogP contribution in [0.1, 0.15) is 24.1 Å². The summed E-state index contributed by atoms with van der Waals surface area (Å²) in [5, 5.41) is 3.00. The van der Waals surface area contributed by atoms with Crippen molar-refractivity contribution in [2.75, 3.05) is 13.8 Å². The molecule has 0 fully saturated rings. The standard InChI is InChI=1S/C12H15NO3/c1-7-4-10-11(16-6-15-10)5-9(7)12(13-3)8(2)14/h4-5,12-13H,6H2,1-3H3. The zero-order valence-electron chi connectivity index (χ0n) is 9.66. The van der Waals surface area contributed by atoms with Crippen LogP contribution in [-0.4, -0.2) is 19.6 Å². The Balaban J connectivity index is 2.44. The van der Waals surface area contributed by atoms with Gasteiger partial charge in [0.1, 0.15) is 0 Å². The number of carbonyl (C=O) groups is 1. The van der Waals surface area contributed by atoms with E-state index in [1.165, 1.54) is 0 Å². The Labute approximate surface area is 94.6 Å². The summed E-state index contributed by atoms with van der Waals surface area (Å²) in [5.41, 5.74) is 1.97. The highest BCUT2D eigenvalue weighted by Gasteiger charge is 2.21. The summed E-state index contributed by atoms with van der Waals surface area (Å²) < 4.78 is 10.6. The van der Waals surface area contributed by atoms with Crippen LogP contribution < -0.4 is 14.8 Å². The van der Waals surface area contributed by atoms with Crippen LogP contribution in [-0.2, 0) is 4.79 Å². The van der Waals surface area contributed by atoms with Crippen LogP contribution in [0.5, 0.6) is 11.5 Å². The molecule has 4 nitrogen and oxygen atoms in total. The first-order chi connectivity index (χ1) is 7.63. The van der Waals surface area contributed by atoms with Gasteiger partial charge in [-0.15, -0.1) is 0 Å². The first kappa shape index (κ1) is 11.0. The second-order valence-corrected chi connectivity index (χ2v) is 3.89. The SMILES string of the molecule is CNC(C(C)=O)c1cc2c(cc1C)OCO2. The molecule has 1 aromatic rings. The molecule has 2 rings (SSSR count). The molecule has 1 aliphatic rings. The molecule has 0 amide bonds. The van der Waals surface area contributed by atoms with Crippen LogP contribution >= 0.6 is 0 Å². The number of hydrogen-bond acceptors (Lipinski definition) is 4. The Morgan fingerprint density at radius 2 is 2.00 bits per heavy atom. The molecule has 0 saturated carbocycles. The van der Waals surface area contributed by atoms with Crippen LogP contribution in [0, 0.1) is 6.92 Å². The summed E-state index contributed by atoms with van der Waals surface area (Å²) in [6.45, 7) is 3.79. The van der Waals surface area contributed by atoms with Crippen molar-refractivity contribution in [1.82, 2.24) is 5.32 Å². The van der Waals surface area contributed by atoms with Gasteiger partial charge in [0.05, 0.1) is 6.04 Å². The number of benzene rings is 1. The number of aryl methyl sites for hydroxylation is 1. The quantitative estimate of drug-likeness (QED) is 0.841. The van der Waals surface area contributed by atoms with Crippen molar-refractivity contribution < 1.29 is 14.3 Å². The Morgan fingerprint density at radius 3 is 2.56 bits per heavy atom. The Morgan fingerprint density at radius 1 is 1.38 bits per heavy atom. The summed E-state index contributed by atoms with van der Waals surface area (Å²) in [5.74, 6) is 1.55. The van der Waals surface area contributed by atoms with Crippen LogP contribution in [0.3, 0.4) is 0 Å². The van der Waals surface area contributed by atoms with E-state index in [-0.39, 0.29) is 18.6 Å². The first-order valence-corrected chi connectivity index (χ1v) is 5.21. The molecule has 0 aromatic heterocycles. The molecule has 1 N–H and O–H groups in total.